The molecule has 2 aromatic heterocycles. The minimum Gasteiger partial charge on any atom is -0.445 e. The molecule has 1 aliphatic rings. The Labute approximate surface area is 190 Å². The first-order valence-corrected chi connectivity index (χ1v) is 11.1. The molecule has 0 bridgehead atoms. The van der Waals surface area contributed by atoms with Crippen LogP contribution < -0.4 is 5.69 Å². The largest absolute Gasteiger partial charge is 0.445 e. The summed E-state index contributed by atoms with van der Waals surface area (Å²) in [6, 6.07) is 13.9. The Hall–Kier alpha value is -3.68. The molecule has 1 fully saturated rings. The van der Waals surface area contributed by atoms with E-state index < -0.39 is 0 Å². The molecular weight excluding hydrogens is 423 g/mol. The number of rotatable bonds is 5. The number of fused-ring (bicyclic) bond motifs is 1. The van der Waals surface area contributed by atoms with E-state index in [1.54, 1.807) is 28.8 Å². The second-order valence-electron chi connectivity index (χ2n) is 8.57. The van der Waals surface area contributed by atoms with E-state index in [1.165, 1.54) is 16.7 Å². The van der Waals surface area contributed by atoms with Crippen LogP contribution in [0.15, 0.2) is 63.9 Å². The van der Waals surface area contributed by atoms with Gasteiger partial charge < -0.3 is 9.32 Å². The van der Waals surface area contributed by atoms with Gasteiger partial charge in [0.05, 0.1) is 23.1 Å². The highest BCUT2D eigenvalue weighted by molar-refractivity contribution is 5.81. The molecule has 0 aliphatic carbocycles. The topological polar surface area (TPSA) is 73.3 Å². The van der Waals surface area contributed by atoms with Gasteiger partial charge in [0.15, 0.2) is 5.89 Å². The van der Waals surface area contributed by atoms with Crippen molar-refractivity contribution in [2.45, 2.75) is 31.7 Å². The Morgan fingerprint density at radius 3 is 2.82 bits per heavy atom. The van der Waals surface area contributed by atoms with E-state index in [-0.39, 0.29) is 29.9 Å². The molecule has 33 heavy (non-hydrogen) atoms. The average Bonchev–Trinajstić information content (AvgIpc) is 3.38. The average molecular weight is 448 g/mol. The summed E-state index contributed by atoms with van der Waals surface area (Å²) in [5.74, 6) is 0.888. The number of oxazole rings is 1. The number of carbonyl (C=O) groups excluding carboxylic acids is 1. The molecule has 1 atom stereocenters. The van der Waals surface area contributed by atoms with Gasteiger partial charge >= 0.3 is 5.69 Å². The van der Waals surface area contributed by atoms with Crippen molar-refractivity contribution in [3.63, 3.8) is 0 Å². The van der Waals surface area contributed by atoms with Gasteiger partial charge in [0.25, 0.3) is 0 Å². The molecule has 170 valence electrons. The highest BCUT2D eigenvalue weighted by atomic mass is 19.1. The Kier molecular flexibility index (Phi) is 5.58. The fraction of sp³-hybridized carbons (Fsp3) is 0.320. The summed E-state index contributed by atoms with van der Waals surface area (Å²) >= 11 is 0. The molecule has 5 rings (SSSR count). The SMILES string of the molecule is Cn1c(=O)n(CC(=O)N2CCC[C@@H](c3ncc(Cc4cccc(F)c4)o3)C2)c2ccccc21. The van der Waals surface area contributed by atoms with Gasteiger partial charge in [0.2, 0.25) is 5.91 Å². The number of halogens is 1. The molecule has 1 aliphatic heterocycles. The maximum Gasteiger partial charge on any atom is 0.329 e. The summed E-state index contributed by atoms with van der Waals surface area (Å²) in [7, 11) is 1.71. The van der Waals surface area contributed by atoms with Crippen molar-refractivity contribution in [2.75, 3.05) is 13.1 Å². The molecule has 2 aromatic carbocycles. The number of benzene rings is 2. The van der Waals surface area contributed by atoms with Crippen LogP contribution in [0.1, 0.15) is 36.0 Å². The Balaban J connectivity index is 1.29. The van der Waals surface area contributed by atoms with E-state index in [2.05, 4.69) is 4.98 Å². The molecule has 4 aromatic rings. The summed E-state index contributed by atoms with van der Waals surface area (Å²) in [6.07, 6.45) is 3.85. The van der Waals surface area contributed by atoms with Gasteiger partial charge in [-0.3, -0.25) is 13.9 Å². The van der Waals surface area contributed by atoms with Crippen LogP contribution >= 0.6 is 0 Å². The fourth-order valence-corrected chi connectivity index (χ4v) is 4.60. The van der Waals surface area contributed by atoms with Crippen molar-refractivity contribution in [3.8, 4) is 0 Å². The third-order valence-electron chi connectivity index (χ3n) is 6.31. The van der Waals surface area contributed by atoms with Gasteiger partial charge in [-0.05, 0) is 42.7 Å². The summed E-state index contributed by atoms with van der Waals surface area (Å²) in [4.78, 5) is 32.0. The van der Waals surface area contributed by atoms with Gasteiger partial charge in [-0.25, -0.2) is 14.2 Å². The van der Waals surface area contributed by atoms with Gasteiger partial charge in [-0.1, -0.05) is 24.3 Å². The number of aryl methyl sites for hydroxylation is 1. The van der Waals surface area contributed by atoms with Crippen LogP contribution in [0.2, 0.25) is 0 Å². The number of imidazole rings is 1. The standard InChI is InChI=1S/C25H25FN4O3/c1-28-21-9-2-3-10-22(21)30(25(28)32)16-23(31)29-11-5-7-18(15-29)24-27-14-20(33-24)13-17-6-4-8-19(26)12-17/h2-4,6,8-10,12,14,18H,5,7,11,13,15-16H2,1H3/t18-/m1/s1. The van der Waals surface area contributed by atoms with Crippen molar-refractivity contribution in [3.05, 3.63) is 88.2 Å². The van der Waals surface area contributed by atoms with Crippen molar-refractivity contribution in [1.82, 2.24) is 19.0 Å². The normalized spacial score (nSPS) is 16.4. The number of carbonyl (C=O) groups is 1. The number of piperidine rings is 1. The van der Waals surface area contributed by atoms with Gasteiger partial charge in [-0.15, -0.1) is 0 Å². The number of nitrogens with zero attached hydrogens (tertiary/aromatic N) is 4. The quantitative estimate of drug-likeness (QED) is 0.469. The summed E-state index contributed by atoms with van der Waals surface area (Å²) < 4.78 is 22.5. The highest BCUT2D eigenvalue weighted by Crippen LogP contribution is 2.27. The second-order valence-corrected chi connectivity index (χ2v) is 8.57. The monoisotopic (exact) mass is 448 g/mol. The molecule has 0 radical (unpaired) electrons. The van der Waals surface area contributed by atoms with Crippen molar-refractivity contribution >= 4 is 16.9 Å². The Morgan fingerprint density at radius 2 is 2.00 bits per heavy atom. The zero-order valence-electron chi connectivity index (χ0n) is 18.4. The smallest absolute Gasteiger partial charge is 0.329 e. The molecule has 0 saturated carbocycles. The molecule has 1 amide bonds. The number of hydrogen-bond donors (Lipinski definition) is 0. The third kappa shape index (κ3) is 4.20. The molecule has 0 unspecified atom stereocenters. The van der Waals surface area contributed by atoms with Crippen LogP contribution in [0.5, 0.6) is 0 Å². The van der Waals surface area contributed by atoms with Crippen LogP contribution in [0, 0.1) is 5.82 Å². The zero-order valence-corrected chi connectivity index (χ0v) is 18.4. The number of para-hydroxylation sites is 2. The molecule has 0 spiro atoms. The van der Waals surface area contributed by atoms with E-state index in [4.69, 9.17) is 4.42 Å². The first-order chi connectivity index (χ1) is 16.0. The lowest BCUT2D eigenvalue weighted by Crippen LogP contribution is -2.42. The number of aromatic nitrogens is 3. The molecule has 7 nitrogen and oxygen atoms in total. The van der Waals surface area contributed by atoms with Crippen LogP contribution in [0.25, 0.3) is 11.0 Å². The fourth-order valence-electron chi connectivity index (χ4n) is 4.60. The molecule has 1 saturated heterocycles. The number of hydrogen-bond acceptors (Lipinski definition) is 4. The minimum atomic E-state index is -0.279. The predicted octanol–water partition coefficient (Wildman–Crippen LogP) is 3.46. The highest BCUT2D eigenvalue weighted by Gasteiger charge is 2.28. The first-order valence-electron chi connectivity index (χ1n) is 11.1. The Morgan fingerprint density at radius 1 is 1.18 bits per heavy atom. The first kappa shape index (κ1) is 21.2. The van der Waals surface area contributed by atoms with Crippen molar-refractivity contribution in [2.24, 2.45) is 7.05 Å². The lowest BCUT2D eigenvalue weighted by atomic mass is 9.98. The lowest BCUT2D eigenvalue weighted by Gasteiger charge is -2.31. The molecule has 8 heteroatoms. The number of likely N-dealkylation sites (tertiary alicyclic amines) is 1. The van der Waals surface area contributed by atoms with Gasteiger partial charge in [0.1, 0.15) is 18.1 Å². The Bertz CT molecular complexity index is 1370. The maximum absolute atomic E-state index is 13.4. The van der Waals surface area contributed by atoms with E-state index >= 15 is 0 Å². The van der Waals surface area contributed by atoms with E-state index in [0.717, 1.165) is 29.4 Å². The number of amides is 1. The van der Waals surface area contributed by atoms with Gasteiger partial charge in [-0.2, -0.15) is 0 Å². The molecule has 0 N–H and O–H groups in total. The summed E-state index contributed by atoms with van der Waals surface area (Å²) in [6.45, 7) is 1.15. The van der Waals surface area contributed by atoms with E-state index in [9.17, 15) is 14.0 Å². The zero-order chi connectivity index (χ0) is 22.9. The van der Waals surface area contributed by atoms with Crippen LogP contribution in [0.4, 0.5) is 4.39 Å². The third-order valence-corrected chi connectivity index (χ3v) is 6.31. The second kappa shape index (κ2) is 8.69. The van der Waals surface area contributed by atoms with E-state index in [1.807, 2.05) is 30.3 Å². The lowest BCUT2D eigenvalue weighted by molar-refractivity contribution is -0.133. The predicted molar refractivity (Wildman–Crippen MR) is 121 cm³/mol. The van der Waals surface area contributed by atoms with Crippen molar-refractivity contribution in [1.29, 1.82) is 0 Å². The summed E-state index contributed by atoms with van der Waals surface area (Å²) in [5.41, 5.74) is 2.17. The van der Waals surface area contributed by atoms with Crippen LogP contribution in [0.3, 0.4) is 0 Å². The molecule has 3 heterocycles. The van der Waals surface area contributed by atoms with Gasteiger partial charge in [0, 0.05) is 26.6 Å². The van der Waals surface area contributed by atoms with Crippen LogP contribution in [-0.2, 0) is 24.8 Å². The summed E-state index contributed by atoms with van der Waals surface area (Å²) in [5, 5.41) is 0. The minimum absolute atomic E-state index is 0.00328. The van der Waals surface area contributed by atoms with Crippen molar-refractivity contribution < 1.29 is 13.6 Å². The van der Waals surface area contributed by atoms with Crippen LogP contribution in [-0.4, -0.2) is 38.0 Å². The molecular formula is C25H25FN4O3. The maximum atomic E-state index is 13.4. The van der Waals surface area contributed by atoms with E-state index in [0.29, 0.717) is 31.2 Å².